The van der Waals surface area contributed by atoms with Gasteiger partial charge in [0, 0.05) is 24.7 Å². The van der Waals surface area contributed by atoms with Crippen molar-refractivity contribution in [3.05, 3.63) is 23.3 Å². The average Bonchev–Trinajstić information content (AvgIpc) is 3.23. The minimum Gasteiger partial charge on any atom is -0.398 e. The molecule has 6 nitrogen and oxygen atoms in total. The normalized spacial score (nSPS) is 15.0. The Morgan fingerprint density at radius 3 is 2.57 bits per heavy atom. The molecule has 1 aromatic carbocycles. The van der Waals surface area contributed by atoms with Crippen LogP contribution >= 0.6 is 0 Å². The number of nitrogens with one attached hydrogen (secondary N) is 2. The first-order chi connectivity index (χ1) is 9.83. The molecule has 7 heteroatoms. The summed E-state index contributed by atoms with van der Waals surface area (Å²) in [5, 5.41) is 2.72. The van der Waals surface area contributed by atoms with E-state index < -0.39 is 10.0 Å². The van der Waals surface area contributed by atoms with Crippen LogP contribution in [0.5, 0.6) is 0 Å². The third-order valence-electron chi connectivity index (χ3n) is 3.58. The summed E-state index contributed by atoms with van der Waals surface area (Å²) in [5.41, 5.74) is 7.41. The molecule has 0 spiro atoms. The van der Waals surface area contributed by atoms with Crippen molar-refractivity contribution >= 4 is 21.6 Å². The minimum absolute atomic E-state index is 0.00511. The van der Waals surface area contributed by atoms with Crippen molar-refractivity contribution in [1.82, 2.24) is 10.0 Å². The predicted octanol–water partition coefficient (Wildman–Crippen LogP) is 0.690. The van der Waals surface area contributed by atoms with Gasteiger partial charge in [-0.2, -0.15) is 0 Å². The number of hydrogen-bond acceptors (Lipinski definition) is 4. The van der Waals surface area contributed by atoms with E-state index in [9.17, 15) is 13.2 Å². The molecule has 0 radical (unpaired) electrons. The molecule has 116 valence electrons. The summed E-state index contributed by atoms with van der Waals surface area (Å²) in [4.78, 5) is 11.7. The topological polar surface area (TPSA) is 101 Å². The standard InChI is InChI=1S/C14H21N3O3S/c1-9-3-6-12(15)10(2)13(9)21(19,20)17-8-7-16-14(18)11-4-5-11/h3,6,11,17H,4-5,7-8,15H2,1-2H3,(H,16,18). The molecule has 0 saturated heterocycles. The first-order valence-electron chi connectivity index (χ1n) is 6.96. The first kappa shape index (κ1) is 15.8. The van der Waals surface area contributed by atoms with Crippen LogP contribution in [0.3, 0.4) is 0 Å². The van der Waals surface area contributed by atoms with Gasteiger partial charge < -0.3 is 11.1 Å². The summed E-state index contributed by atoms with van der Waals surface area (Å²) >= 11 is 0. The Bertz CT molecular complexity index is 652. The van der Waals surface area contributed by atoms with E-state index in [1.54, 1.807) is 26.0 Å². The lowest BCUT2D eigenvalue weighted by atomic mass is 10.1. The molecule has 1 saturated carbocycles. The molecule has 0 unspecified atom stereocenters. The zero-order chi connectivity index (χ0) is 15.6. The van der Waals surface area contributed by atoms with Crippen molar-refractivity contribution in [3.8, 4) is 0 Å². The predicted molar refractivity (Wildman–Crippen MR) is 81.3 cm³/mol. The number of carbonyl (C=O) groups is 1. The van der Waals surface area contributed by atoms with Gasteiger partial charge in [0.1, 0.15) is 0 Å². The Kier molecular flexibility index (Phi) is 4.53. The second kappa shape index (κ2) is 6.03. The Morgan fingerprint density at radius 1 is 1.29 bits per heavy atom. The molecule has 1 aromatic rings. The van der Waals surface area contributed by atoms with Crippen molar-refractivity contribution < 1.29 is 13.2 Å². The first-order valence-corrected chi connectivity index (χ1v) is 8.44. The lowest BCUT2D eigenvalue weighted by Gasteiger charge is -2.14. The number of carbonyl (C=O) groups excluding carboxylic acids is 1. The quantitative estimate of drug-likeness (QED) is 0.531. The number of nitrogens with two attached hydrogens (primary N) is 1. The van der Waals surface area contributed by atoms with E-state index in [-0.39, 0.29) is 29.8 Å². The van der Waals surface area contributed by atoms with Crippen LogP contribution in [0, 0.1) is 19.8 Å². The van der Waals surface area contributed by atoms with E-state index in [1.807, 2.05) is 0 Å². The van der Waals surface area contributed by atoms with E-state index in [0.29, 0.717) is 16.8 Å². The van der Waals surface area contributed by atoms with Crippen LogP contribution in [-0.4, -0.2) is 27.4 Å². The fourth-order valence-electron chi connectivity index (χ4n) is 2.19. The summed E-state index contributed by atoms with van der Waals surface area (Å²) < 4.78 is 27.2. The van der Waals surface area contributed by atoms with Crippen molar-refractivity contribution in [1.29, 1.82) is 0 Å². The van der Waals surface area contributed by atoms with Crippen molar-refractivity contribution in [3.63, 3.8) is 0 Å². The summed E-state index contributed by atoms with van der Waals surface area (Å²) in [7, 11) is -3.63. The molecule has 21 heavy (non-hydrogen) atoms. The lowest BCUT2D eigenvalue weighted by molar-refractivity contribution is -0.122. The highest BCUT2D eigenvalue weighted by Gasteiger charge is 2.29. The van der Waals surface area contributed by atoms with Gasteiger partial charge in [-0.1, -0.05) is 6.07 Å². The maximum Gasteiger partial charge on any atom is 0.241 e. The van der Waals surface area contributed by atoms with Crippen LogP contribution in [0.4, 0.5) is 5.69 Å². The number of hydrogen-bond donors (Lipinski definition) is 3. The number of sulfonamides is 1. The molecule has 1 fully saturated rings. The molecule has 4 N–H and O–H groups in total. The largest absolute Gasteiger partial charge is 0.398 e. The number of benzene rings is 1. The molecule has 1 aliphatic carbocycles. The number of nitrogen functional groups attached to an aromatic ring is 1. The zero-order valence-corrected chi connectivity index (χ0v) is 13.1. The smallest absolute Gasteiger partial charge is 0.241 e. The Balaban J connectivity index is 1.98. The van der Waals surface area contributed by atoms with Gasteiger partial charge in [0.2, 0.25) is 15.9 Å². The maximum absolute atomic E-state index is 12.3. The Labute approximate surface area is 125 Å². The molecule has 1 amide bonds. The van der Waals surface area contributed by atoms with E-state index in [0.717, 1.165) is 12.8 Å². The second-order valence-corrected chi connectivity index (χ2v) is 7.09. The molecule has 1 aliphatic rings. The number of amides is 1. The molecule has 0 atom stereocenters. The van der Waals surface area contributed by atoms with E-state index >= 15 is 0 Å². The summed E-state index contributed by atoms with van der Waals surface area (Å²) in [5.74, 6) is 0.130. The monoisotopic (exact) mass is 311 g/mol. The molecule has 0 aromatic heterocycles. The lowest BCUT2D eigenvalue weighted by Crippen LogP contribution is -2.35. The van der Waals surface area contributed by atoms with Gasteiger partial charge in [-0.25, -0.2) is 13.1 Å². The van der Waals surface area contributed by atoms with Crippen molar-refractivity contribution in [2.45, 2.75) is 31.6 Å². The van der Waals surface area contributed by atoms with Gasteiger partial charge in [-0.05, 0) is 43.9 Å². The summed E-state index contributed by atoms with van der Waals surface area (Å²) in [6.45, 7) is 3.87. The van der Waals surface area contributed by atoms with Gasteiger partial charge in [0.15, 0.2) is 0 Å². The molecule has 2 rings (SSSR count). The second-order valence-electron chi connectivity index (χ2n) is 5.39. The van der Waals surface area contributed by atoms with Crippen LogP contribution in [-0.2, 0) is 14.8 Å². The minimum atomic E-state index is -3.63. The molecule has 0 aliphatic heterocycles. The molecule has 0 bridgehead atoms. The number of anilines is 1. The molecular weight excluding hydrogens is 290 g/mol. The van der Waals surface area contributed by atoms with E-state index in [1.165, 1.54) is 0 Å². The highest BCUT2D eigenvalue weighted by molar-refractivity contribution is 7.89. The SMILES string of the molecule is Cc1ccc(N)c(C)c1S(=O)(=O)NCCNC(=O)C1CC1. The van der Waals surface area contributed by atoms with Crippen LogP contribution in [0.1, 0.15) is 24.0 Å². The van der Waals surface area contributed by atoms with Crippen LogP contribution in [0.25, 0.3) is 0 Å². The summed E-state index contributed by atoms with van der Waals surface area (Å²) in [6, 6.07) is 3.38. The fraction of sp³-hybridized carbons (Fsp3) is 0.500. The van der Waals surface area contributed by atoms with Crippen LogP contribution < -0.4 is 15.8 Å². The van der Waals surface area contributed by atoms with Gasteiger partial charge in [-0.3, -0.25) is 4.79 Å². The van der Waals surface area contributed by atoms with Crippen molar-refractivity contribution in [2.24, 2.45) is 5.92 Å². The summed E-state index contributed by atoms with van der Waals surface area (Å²) in [6.07, 6.45) is 1.86. The van der Waals surface area contributed by atoms with Gasteiger partial charge in [0.05, 0.1) is 4.90 Å². The molecular formula is C14H21N3O3S. The number of rotatable bonds is 6. The maximum atomic E-state index is 12.3. The zero-order valence-electron chi connectivity index (χ0n) is 12.3. The van der Waals surface area contributed by atoms with Gasteiger partial charge >= 0.3 is 0 Å². The Hall–Kier alpha value is -1.60. The third kappa shape index (κ3) is 3.74. The van der Waals surface area contributed by atoms with Crippen molar-refractivity contribution in [2.75, 3.05) is 18.8 Å². The highest BCUT2D eigenvalue weighted by Crippen LogP contribution is 2.28. The van der Waals surface area contributed by atoms with E-state index in [2.05, 4.69) is 10.0 Å². The van der Waals surface area contributed by atoms with Crippen LogP contribution in [0.2, 0.25) is 0 Å². The van der Waals surface area contributed by atoms with Gasteiger partial charge in [0.25, 0.3) is 0 Å². The third-order valence-corrected chi connectivity index (χ3v) is 5.33. The molecule has 0 heterocycles. The van der Waals surface area contributed by atoms with Crippen LogP contribution in [0.15, 0.2) is 17.0 Å². The van der Waals surface area contributed by atoms with E-state index in [4.69, 9.17) is 5.73 Å². The average molecular weight is 311 g/mol. The van der Waals surface area contributed by atoms with Gasteiger partial charge in [-0.15, -0.1) is 0 Å². The highest BCUT2D eigenvalue weighted by atomic mass is 32.2. The number of aryl methyl sites for hydroxylation is 1. The fourth-order valence-corrected chi connectivity index (χ4v) is 3.72. The Morgan fingerprint density at radius 2 is 1.95 bits per heavy atom.